The van der Waals surface area contributed by atoms with Crippen molar-refractivity contribution >= 4 is 23.1 Å². The van der Waals surface area contributed by atoms with Gasteiger partial charge in [0.25, 0.3) is 0 Å². The van der Waals surface area contributed by atoms with Crippen LogP contribution in [0.2, 0.25) is 0 Å². The number of carbonyl (C=O) groups excluding carboxylic acids is 1. The van der Waals surface area contributed by atoms with Gasteiger partial charge >= 0.3 is 0 Å². The Bertz CT molecular complexity index is 1250. The minimum absolute atomic E-state index is 0.170. The van der Waals surface area contributed by atoms with Crippen molar-refractivity contribution in [3.05, 3.63) is 70.7 Å². The van der Waals surface area contributed by atoms with E-state index in [1.807, 2.05) is 22.2 Å². The lowest BCUT2D eigenvalue weighted by Gasteiger charge is -2.24. The molecule has 0 unspecified atom stereocenters. The highest BCUT2D eigenvalue weighted by molar-refractivity contribution is 7.07. The van der Waals surface area contributed by atoms with Crippen molar-refractivity contribution in [1.29, 1.82) is 0 Å². The van der Waals surface area contributed by atoms with Gasteiger partial charge in [0.2, 0.25) is 5.91 Å². The minimum Gasteiger partial charge on any atom is -0.310 e. The Balaban J connectivity index is 1.52. The number of fused-ring (bicyclic) bond motifs is 1. The van der Waals surface area contributed by atoms with E-state index < -0.39 is 0 Å². The number of anilines is 1. The average molecular weight is 449 g/mol. The molecule has 162 valence electrons. The predicted molar refractivity (Wildman–Crippen MR) is 122 cm³/mol. The third kappa shape index (κ3) is 4.17. The normalized spacial score (nSPS) is 13.7. The number of carbonyl (C=O) groups is 1. The van der Waals surface area contributed by atoms with E-state index in [2.05, 4.69) is 27.2 Å². The molecule has 3 aromatic heterocycles. The summed E-state index contributed by atoms with van der Waals surface area (Å²) in [6.07, 6.45) is 1.88. The summed E-state index contributed by atoms with van der Waals surface area (Å²) in [5, 5.41) is 9.58. The average Bonchev–Trinajstić information content (AvgIpc) is 3.41. The van der Waals surface area contributed by atoms with Gasteiger partial charge in [-0.25, -0.2) is 14.4 Å². The van der Waals surface area contributed by atoms with Gasteiger partial charge in [0.1, 0.15) is 17.3 Å². The zero-order valence-corrected chi connectivity index (χ0v) is 18.3. The van der Waals surface area contributed by atoms with E-state index in [4.69, 9.17) is 5.10 Å². The maximum atomic E-state index is 13.5. The predicted octanol–water partition coefficient (Wildman–Crippen LogP) is 3.83. The van der Waals surface area contributed by atoms with Crippen molar-refractivity contribution in [2.45, 2.75) is 19.5 Å². The number of nitrogens with one attached hydrogen (secondary N) is 1. The number of pyridine rings is 1. The van der Waals surface area contributed by atoms with Crippen molar-refractivity contribution in [3.8, 4) is 22.4 Å². The van der Waals surface area contributed by atoms with E-state index in [1.54, 1.807) is 23.8 Å². The second-order valence-electron chi connectivity index (χ2n) is 7.77. The number of thiazole rings is 1. The fraction of sp³-hybridized carbons (Fsp3) is 0.217. The lowest BCUT2D eigenvalue weighted by atomic mass is 9.98. The molecular formula is C23H21FN6OS. The number of rotatable bonds is 5. The Labute approximate surface area is 188 Å². The molecule has 32 heavy (non-hydrogen) atoms. The van der Waals surface area contributed by atoms with E-state index >= 15 is 0 Å². The van der Waals surface area contributed by atoms with Crippen LogP contribution < -0.4 is 5.32 Å². The molecule has 1 aliphatic heterocycles. The monoisotopic (exact) mass is 448 g/mol. The quantitative estimate of drug-likeness (QED) is 0.502. The Hall–Kier alpha value is -3.43. The molecule has 1 aromatic carbocycles. The van der Waals surface area contributed by atoms with Gasteiger partial charge in [0.05, 0.1) is 29.9 Å². The van der Waals surface area contributed by atoms with Gasteiger partial charge in [0.15, 0.2) is 0 Å². The molecule has 0 spiro atoms. The van der Waals surface area contributed by atoms with Crippen LogP contribution in [0, 0.1) is 5.82 Å². The zero-order chi connectivity index (χ0) is 22.1. The first-order valence-electron chi connectivity index (χ1n) is 10.2. The summed E-state index contributed by atoms with van der Waals surface area (Å²) in [7, 11) is 2.08. The molecule has 1 N–H and O–H groups in total. The summed E-state index contributed by atoms with van der Waals surface area (Å²) < 4.78 is 15.6. The molecule has 5 rings (SSSR count). The summed E-state index contributed by atoms with van der Waals surface area (Å²) in [6.45, 7) is 2.44. The molecule has 4 heterocycles. The molecule has 0 aliphatic carbocycles. The van der Waals surface area contributed by atoms with Gasteiger partial charge in [-0.1, -0.05) is 0 Å². The molecule has 0 fully saturated rings. The van der Waals surface area contributed by atoms with Crippen LogP contribution in [-0.2, 0) is 24.3 Å². The van der Waals surface area contributed by atoms with Crippen LogP contribution in [0.1, 0.15) is 11.4 Å². The third-order valence-corrected chi connectivity index (χ3v) is 6.07. The summed E-state index contributed by atoms with van der Waals surface area (Å²) in [5.41, 5.74) is 7.04. The highest BCUT2D eigenvalue weighted by atomic mass is 32.1. The standard InChI is InChI=1S/C23H21FN6OS/c1-29-8-9-30-19(12-29)22(23(28-30)15-2-4-17(24)5-3-15)16-6-7-25-20(10-16)27-21(31)11-18-13-32-14-26-18/h2-7,10,13-14H,8-9,11-12H2,1H3,(H,25,27,31). The topological polar surface area (TPSA) is 75.9 Å². The van der Waals surface area contributed by atoms with Gasteiger partial charge in [-0.3, -0.25) is 14.4 Å². The van der Waals surface area contributed by atoms with Crippen molar-refractivity contribution in [1.82, 2.24) is 24.6 Å². The molecular weight excluding hydrogens is 427 g/mol. The highest BCUT2D eigenvalue weighted by Gasteiger charge is 2.25. The van der Waals surface area contributed by atoms with Crippen molar-refractivity contribution in [2.24, 2.45) is 0 Å². The Morgan fingerprint density at radius 2 is 2.00 bits per heavy atom. The highest BCUT2D eigenvalue weighted by Crippen LogP contribution is 2.37. The number of halogens is 1. The summed E-state index contributed by atoms with van der Waals surface area (Å²) in [6, 6.07) is 10.2. The first-order valence-corrected chi connectivity index (χ1v) is 11.2. The smallest absolute Gasteiger partial charge is 0.231 e. The first kappa shape index (κ1) is 20.5. The van der Waals surface area contributed by atoms with Gasteiger partial charge in [-0.05, 0) is 49.0 Å². The van der Waals surface area contributed by atoms with Gasteiger partial charge in [0, 0.05) is 35.8 Å². The first-order chi connectivity index (χ1) is 15.6. The molecule has 1 amide bonds. The molecule has 0 atom stereocenters. The lowest BCUT2D eigenvalue weighted by molar-refractivity contribution is -0.115. The summed E-state index contributed by atoms with van der Waals surface area (Å²) in [4.78, 5) is 23.2. The largest absolute Gasteiger partial charge is 0.310 e. The Morgan fingerprint density at radius 3 is 2.78 bits per heavy atom. The van der Waals surface area contributed by atoms with E-state index in [-0.39, 0.29) is 18.1 Å². The molecule has 4 aromatic rings. The lowest BCUT2D eigenvalue weighted by Crippen LogP contribution is -2.30. The van der Waals surface area contributed by atoms with E-state index in [0.717, 1.165) is 53.4 Å². The minimum atomic E-state index is -0.284. The van der Waals surface area contributed by atoms with Crippen LogP contribution in [0.4, 0.5) is 10.2 Å². The fourth-order valence-electron chi connectivity index (χ4n) is 3.89. The zero-order valence-electron chi connectivity index (χ0n) is 17.5. The SMILES string of the molecule is CN1CCn2nc(-c3ccc(F)cc3)c(-c3ccnc(NC(=O)Cc4cscn4)c3)c2C1. The van der Waals surface area contributed by atoms with Crippen molar-refractivity contribution in [3.63, 3.8) is 0 Å². The summed E-state index contributed by atoms with van der Waals surface area (Å²) >= 11 is 1.46. The molecule has 1 aliphatic rings. The second-order valence-corrected chi connectivity index (χ2v) is 8.49. The Kier molecular flexibility index (Phi) is 5.50. The van der Waals surface area contributed by atoms with Gasteiger partial charge in [-0.15, -0.1) is 11.3 Å². The number of hydrogen-bond donors (Lipinski definition) is 1. The number of likely N-dealkylation sites (N-methyl/N-ethyl adjacent to an activating group) is 1. The van der Waals surface area contributed by atoms with Gasteiger partial charge in [-0.2, -0.15) is 5.10 Å². The van der Waals surface area contributed by atoms with Crippen LogP contribution >= 0.6 is 11.3 Å². The molecule has 0 bridgehead atoms. The van der Waals surface area contributed by atoms with Crippen molar-refractivity contribution < 1.29 is 9.18 Å². The van der Waals surface area contributed by atoms with E-state index in [9.17, 15) is 9.18 Å². The number of amides is 1. The van der Waals surface area contributed by atoms with Crippen LogP contribution in [-0.4, -0.2) is 44.1 Å². The van der Waals surface area contributed by atoms with Crippen LogP contribution in [0.3, 0.4) is 0 Å². The van der Waals surface area contributed by atoms with Crippen LogP contribution in [0.15, 0.2) is 53.5 Å². The van der Waals surface area contributed by atoms with Crippen molar-refractivity contribution in [2.75, 3.05) is 18.9 Å². The number of aromatic nitrogens is 4. The third-order valence-electron chi connectivity index (χ3n) is 5.43. The van der Waals surface area contributed by atoms with Gasteiger partial charge < -0.3 is 5.32 Å². The maximum Gasteiger partial charge on any atom is 0.231 e. The second kappa shape index (κ2) is 8.60. The van der Waals surface area contributed by atoms with Crippen LogP contribution in [0.5, 0.6) is 0 Å². The van der Waals surface area contributed by atoms with E-state index in [1.165, 1.54) is 23.5 Å². The summed E-state index contributed by atoms with van der Waals surface area (Å²) in [5.74, 6) is 0.0148. The molecule has 0 saturated carbocycles. The van der Waals surface area contributed by atoms with Crippen LogP contribution in [0.25, 0.3) is 22.4 Å². The number of hydrogen-bond acceptors (Lipinski definition) is 6. The Morgan fingerprint density at radius 1 is 1.16 bits per heavy atom. The fourth-order valence-corrected chi connectivity index (χ4v) is 4.44. The maximum absolute atomic E-state index is 13.5. The molecule has 9 heteroatoms. The number of nitrogens with zero attached hydrogens (tertiary/aromatic N) is 5. The van der Waals surface area contributed by atoms with E-state index in [0.29, 0.717) is 5.82 Å². The molecule has 7 nitrogen and oxygen atoms in total. The molecule has 0 radical (unpaired) electrons. The number of benzene rings is 1. The molecule has 0 saturated heterocycles.